The number of nitrogens with one attached hydrogen (secondary N) is 2. The second-order valence-corrected chi connectivity index (χ2v) is 7.77. The molecule has 8 heteroatoms. The van der Waals surface area contributed by atoms with Crippen molar-refractivity contribution < 1.29 is 0 Å². The third kappa shape index (κ3) is 2.64. The predicted molar refractivity (Wildman–Crippen MR) is 110 cm³/mol. The van der Waals surface area contributed by atoms with Crippen LogP contribution in [0.3, 0.4) is 0 Å². The normalized spacial score (nSPS) is 25.0. The average Bonchev–Trinajstić information content (AvgIpc) is 3.05. The molecule has 0 spiro atoms. The van der Waals surface area contributed by atoms with E-state index in [0.717, 1.165) is 11.3 Å². The first kappa shape index (κ1) is 16.8. The Kier molecular flexibility index (Phi) is 4.03. The summed E-state index contributed by atoms with van der Waals surface area (Å²) in [6, 6.07) is 15.2. The van der Waals surface area contributed by atoms with Crippen molar-refractivity contribution in [3.05, 3.63) is 64.1 Å². The fraction of sp³-hybridized carbons (Fsp3) is 0.176. The van der Waals surface area contributed by atoms with Crippen LogP contribution in [0.2, 0.25) is 10.0 Å². The van der Waals surface area contributed by atoms with E-state index < -0.39 is 5.54 Å². The summed E-state index contributed by atoms with van der Waals surface area (Å²) in [4.78, 5) is 0. The topological polar surface area (TPSA) is 30.5 Å². The lowest BCUT2D eigenvalue weighted by Crippen LogP contribution is -2.49. The maximum Gasteiger partial charge on any atom is 0.194 e. The Hall–Kier alpha value is -1.60. The van der Waals surface area contributed by atoms with Gasteiger partial charge in [0.15, 0.2) is 16.4 Å². The van der Waals surface area contributed by atoms with E-state index in [1.54, 1.807) is 0 Å². The van der Waals surface area contributed by atoms with Gasteiger partial charge in [0.1, 0.15) is 5.54 Å². The van der Waals surface area contributed by atoms with E-state index >= 15 is 0 Å². The zero-order valence-corrected chi connectivity index (χ0v) is 16.3. The van der Waals surface area contributed by atoms with Crippen molar-refractivity contribution in [1.82, 2.24) is 15.6 Å². The molecule has 0 saturated carbocycles. The molecule has 0 aliphatic carbocycles. The Morgan fingerprint density at radius 1 is 0.920 bits per heavy atom. The number of anilines is 1. The smallest absolute Gasteiger partial charge is 0.194 e. The molecule has 2 atom stereocenters. The number of nitrogens with zero attached hydrogens (tertiary/aromatic N) is 2. The highest BCUT2D eigenvalue weighted by Gasteiger charge is 2.55. The largest absolute Gasteiger partial charge is 0.348 e. The molecule has 4 nitrogen and oxygen atoms in total. The number of benzene rings is 2. The first-order valence-corrected chi connectivity index (χ1v) is 9.21. The van der Waals surface area contributed by atoms with Crippen LogP contribution in [0.15, 0.2) is 48.5 Å². The van der Waals surface area contributed by atoms with Crippen molar-refractivity contribution in [2.75, 3.05) is 5.01 Å². The number of rotatable bonds is 2. The maximum absolute atomic E-state index is 6.03. The van der Waals surface area contributed by atoms with E-state index in [1.807, 2.05) is 58.5 Å². The fourth-order valence-electron chi connectivity index (χ4n) is 3.25. The minimum absolute atomic E-state index is 0.149. The number of hydrazine groups is 1. The van der Waals surface area contributed by atoms with Gasteiger partial charge in [0, 0.05) is 10.0 Å². The van der Waals surface area contributed by atoms with Gasteiger partial charge in [0.25, 0.3) is 0 Å². The lowest BCUT2D eigenvalue weighted by molar-refractivity contribution is 0.264. The molecule has 2 saturated heterocycles. The summed E-state index contributed by atoms with van der Waals surface area (Å²) in [5.74, 6) is 0. The number of halogens is 2. The second kappa shape index (κ2) is 5.99. The van der Waals surface area contributed by atoms with Crippen LogP contribution in [0.5, 0.6) is 0 Å². The fourth-order valence-corrected chi connectivity index (χ4v) is 4.20. The molecule has 2 N–H and O–H groups in total. The molecule has 25 heavy (non-hydrogen) atoms. The van der Waals surface area contributed by atoms with E-state index in [1.165, 1.54) is 0 Å². The van der Waals surface area contributed by atoms with Gasteiger partial charge in [-0.2, -0.15) is 0 Å². The van der Waals surface area contributed by atoms with Gasteiger partial charge in [-0.25, -0.2) is 10.0 Å². The van der Waals surface area contributed by atoms with Crippen molar-refractivity contribution in [1.29, 1.82) is 0 Å². The van der Waals surface area contributed by atoms with Crippen LogP contribution >= 0.6 is 47.6 Å². The summed E-state index contributed by atoms with van der Waals surface area (Å²) < 4.78 is 0. The summed E-state index contributed by atoms with van der Waals surface area (Å²) in [5, 5.41) is 13.2. The first-order valence-electron chi connectivity index (χ1n) is 7.64. The Morgan fingerprint density at radius 2 is 1.48 bits per heavy atom. The lowest BCUT2D eigenvalue weighted by atomic mass is 9.90. The number of hydrogen-bond donors (Lipinski definition) is 2. The van der Waals surface area contributed by atoms with Gasteiger partial charge in [-0.05, 0) is 73.3 Å². The molecule has 2 aliphatic heterocycles. The summed E-state index contributed by atoms with van der Waals surface area (Å²) >= 11 is 23.2. The zero-order valence-electron chi connectivity index (χ0n) is 13.2. The predicted octanol–water partition coefficient (Wildman–Crippen LogP) is 4.03. The molecule has 2 aliphatic rings. The van der Waals surface area contributed by atoms with E-state index in [-0.39, 0.29) is 6.17 Å². The average molecular weight is 409 g/mol. The molecule has 0 radical (unpaired) electrons. The van der Waals surface area contributed by atoms with Crippen molar-refractivity contribution in [3.63, 3.8) is 0 Å². The molecule has 2 aromatic carbocycles. The van der Waals surface area contributed by atoms with Crippen LogP contribution in [0, 0.1) is 0 Å². The van der Waals surface area contributed by atoms with Crippen molar-refractivity contribution in [2.45, 2.75) is 18.6 Å². The summed E-state index contributed by atoms with van der Waals surface area (Å²) in [6.07, 6.45) is -0.149. The highest BCUT2D eigenvalue weighted by Crippen LogP contribution is 2.38. The van der Waals surface area contributed by atoms with E-state index in [0.29, 0.717) is 20.3 Å². The van der Waals surface area contributed by atoms with Gasteiger partial charge in [0.2, 0.25) is 0 Å². The van der Waals surface area contributed by atoms with Gasteiger partial charge in [-0.15, -0.1) is 0 Å². The number of hydrogen-bond acceptors (Lipinski definition) is 2. The van der Waals surface area contributed by atoms with Crippen molar-refractivity contribution >= 4 is 63.5 Å². The number of fused-ring (bicyclic) bond motifs is 1. The van der Waals surface area contributed by atoms with Crippen LogP contribution in [-0.2, 0) is 5.54 Å². The van der Waals surface area contributed by atoms with Crippen LogP contribution < -0.4 is 15.6 Å². The highest BCUT2D eigenvalue weighted by molar-refractivity contribution is 7.81. The Balaban J connectivity index is 1.74. The molecule has 0 unspecified atom stereocenters. The van der Waals surface area contributed by atoms with Gasteiger partial charge in [-0.3, -0.25) is 0 Å². The third-order valence-electron chi connectivity index (χ3n) is 4.55. The molecular formula is C17H14Cl2N4S2. The Morgan fingerprint density at radius 3 is 2.08 bits per heavy atom. The van der Waals surface area contributed by atoms with Crippen LogP contribution in [-0.4, -0.2) is 21.4 Å². The van der Waals surface area contributed by atoms with Crippen molar-refractivity contribution in [2.24, 2.45) is 0 Å². The molecule has 0 amide bonds. The standard InChI is InChI=1S/C17H14Cl2N4S2/c1-17(10-2-4-11(18)5-3-10)14-20-15(24)22(23(14)16(25)21-17)13-8-6-12(19)7-9-13/h2-9,14H,1H3,(H,20,24)(H,21,25)/t14-,17-/m0/s1. The lowest BCUT2D eigenvalue weighted by Gasteiger charge is -2.31. The summed E-state index contributed by atoms with van der Waals surface area (Å²) in [5.41, 5.74) is 1.52. The van der Waals surface area contributed by atoms with E-state index in [2.05, 4.69) is 17.6 Å². The third-order valence-corrected chi connectivity index (χ3v) is 5.63. The van der Waals surface area contributed by atoms with E-state index in [4.69, 9.17) is 47.6 Å². The van der Waals surface area contributed by atoms with Gasteiger partial charge in [-0.1, -0.05) is 35.3 Å². The Bertz CT molecular complexity index is 856. The Labute approximate surface area is 166 Å². The minimum atomic E-state index is -0.451. The molecule has 0 aromatic heterocycles. The highest BCUT2D eigenvalue weighted by atomic mass is 35.5. The SMILES string of the molecule is C[C@@]1(c2ccc(Cl)cc2)NC(=S)N2[C@@H]1NC(=S)N2c1ccc(Cl)cc1. The zero-order chi connectivity index (χ0) is 17.8. The quantitative estimate of drug-likeness (QED) is 0.729. The van der Waals surface area contributed by atoms with Crippen molar-refractivity contribution in [3.8, 4) is 0 Å². The molecule has 2 fully saturated rings. The van der Waals surface area contributed by atoms with Gasteiger partial charge < -0.3 is 10.6 Å². The minimum Gasteiger partial charge on any atom is -0.348 e. The molecule has 2 aromatic rings. The molecule has 4 rings (SSSR count). The van der Waals surface area contributed by atoms with Crippen LogP contribution in [0.1, 0.15) is 12.5 Å². The molecule has 128 valence electrons. The summed E-state index contributed by atoms with van der Waals surface area (Å²) in [7, 11) is 0. The monoisotopic (exact) mass is 408 g/mol. The second-order valence-electron chi connectivity index (χ2n) is 6.12. The van der Waals surface area contributed by atoms with Gasteiger partial charge in [0.05, 0.1) is 5.69 Å². The molecule has 2 heterocycles. The number of thiocarbonyl (C=S) groups is 2. The maximum atomic E-state index is 6.03. The van der Waals surface area contributed by atoms with Crippen LogP contribution in [0.4, 0.5) is 5.69 Å². The first-order chi connectivity index (χ1) is 11.9. The van der Waals surface area contributed by atoms with E-state index in [9.17, 15) is 0 Å². The van der Waals surface area contributed by atoms with Crippen LogP contribution in [0.25, 0.3) is 0 Å². The molecular weight excluding hydrogens is 395 g/mol. The molecule has 0 bridgehead atoms. The summed E-state index contributed by atoms with van der Waals surface area (Å²) in [6.45, 7) is 2.09. The van der Waals surface area contributed by atoms with Gasteiger partial charge >= 0.3 is 0 Å².